The minimum absolute atomic E-state index is 0.0104. The summed E-state index contributed by atoms with van der Waals surface area (Å²) < 4.78 is 23.3. The maximum Gasteiger partial charge on any atom is 0.333 e. The number of para-hydroxylation sites is 1. The van der Waals surface area contributed by atoms with Crippen LogP contribution in [0, 0.1) is 0 Å². The Morgan fingerprint density at radius 2 is 1.00 bits per heavy atom. The fourth-order valence-electron chi connectivity index (χ4n) is 12.0. The molecule has 0 unspecified atom stereocenters. The van der Waals surface area contributed by atoms with Gasteiger partial charge in [0.05, 0.1) is 11.0 Å². The fourth-order valence-corrected chi connectivity index (χ4v) is 12.0. The van der Waals surface area contributed by atoms with Crippen molar-refractivity contribution in [1.29, 1.82) is 0 Å². The summed E-state index contributed by atoms with van der Waals surface area (Å²) in [6.07, 6.45) is 0. The first-order valence-corrected chi connectivity index (χ1v) is 24.5. The molecule has 334 valence electrons. The van der Waals surface area contributed by atoms with Crippen LogP contribution in [0.5, 0.6) is 0 Å². The highest BCUT2D eigenvalue weighted by molar-refractivity contribution is 6.94. The number of anilines is 2. The molecule has 6 heterocycles. The highest BCUT2D eigenvalue weighted by atomic mass is 16.3. The van der Waals surface area contributed by atoms with Gasteiger partial charge < -0.3 is 22.6 Å². The molecule has 9 aromatic carbocycles. The van der Waals surface area contributed by atoms with Gasteiger partial charge in [-0.15, -0.1) is 0 Å². The van der Waals surface area contributed by atoms with E-state index in [0.717, 1.165) is 99.9 Å². The number of benzene rings is 9. The van der Waals surface area contributed by atoms with Gasteiger partial charge in [-0.25, -0.2) is 0 Å². The van der Waals surface area contributed by atoms with Crippen molar-refractivity contribution in [2.45, 2.75) is 52.4 Å². The quantitative estimate of drug-likeness (QED) is 0.166. The molecule has 0 amide bonds. The van der Waals surface area contributed by atoms with Crippen molar-refractivity contribution in [1.82, 2.24) is 4.57 Å². The molecule has 2 aliphatic rings. The molecule has 0 radical (unpaired) electrons. The summed E-state index contributed by atoms with van der Waals surface area (Å²) >= 11 is 0. The minimum atomic E-state index is -0.222. The van der Waals surface area contributed by atoms with Crippen molar-refractivity contribution in [2.24, 2.45) is 0 Å². The summed E-state index contributed by atoms with van der Waals surface area (Å²) in [7, 11) is 0. The molecule has 5 nitrogen and oxygen atoms in total. The molecule has 0 N–H and O–H groups in total. The van der Waals surface area contributed by atoms with Crippen LogP contribution in [0.3, 0.4) is 0 Å². The van der Waals surface area contributed by atoms with E-state index in [1.165, 1.54) is 49.5 Å². The average molecular weight is 903 g/mol. The number of fused-ring (bicyclic) bond motifs is 15. The summed E-state index contributed by atoms with van der Waals surface area (Å²) in [4.78, 5) is 2.60. The van der Waals surface area contributed by atoms with Crippen molar-refractivity contribution in [3.63, 3.8) is 0 Å². The normalized spacial score (nSPS) is 13.5. The molecule has 6 heteroatoms. The second kappa shape index (κ2) is 13.7. The van der Waals surface area contributed by atoms with Crippen LogP contribution >= 0.6 is 0 Å². The minimum Gasteiger partial charge on any atom is -0.456 e. The Morgan fingerprint density at radius 1 is 0.400 bits per heavy atom. The number of furan rings is 3. The molecule has 0 atom stereocenters. The second-order valence-corrected chi connectivity index (χ2v) is 21.7. The van der Waals surface area contributed by atoms with Crippen LogP contribution < -0.4 is 15.7 Å². The molecule has 2 aliphatic heterocycles. The lowest BCUT2D eigenvalue weighted by atomic mass is 9.44. The zero-order valence-electron chi connectivity index (χ0n) is 39.9. The van der Waals surface area contributed by atoms with Gasteiger partial charge in [-0.1, -0.05) is 163 Å². The Balaban J connectivity index is 1.11. The van der Waals surface area contributed by atoms with Gasteiger partial charge in [-0.3, -0.25) is 0 Å². The van der Waals surface area contributed by atoms with Gasteiger partial charge in [-0.2, -0.15) is 0 Å². The van der Waals surface area contributed by atoms with Crippen LogP contribution in [0.15, 0.2) is 189 Å². The number of hydrogen-bond acceptors (Lipinski definition) is 4. The zero-order chi connectivity index (χ0) is 46.9. The predicted molar refractivity (Wildman–Crippen MR) is 292 cm³/mol. The molecular weight excluding hydrogens is 856 g/mol. The van der Waals surface area contributed by atoms with Crippen LogP contribution in [0.4, 0.5) is 11.4 Å². The van der Waals surface area contributed by atoms with Crippen molar-refractivity contribution < 1.29 is 13.3 Å². The molecule has 0 saturated heterocycles. The molecule has 70 heavy (non-hydrogen) atoms. The molecule has 0 saturated carbocycles. The van der Waals surface area contributed by atoms with E-state index in [0.29, 0.717) is 0 Å². The molecule has 4 aromatic heterocycles. The molecule has 0 bridgehead atoms. The maximum atomic E-state index is 7.14. The van der Waals surface area contributed by atoms with E-state index < -0.39 is 0 Å². The van der Waals surface area contributed by atoms with E-state index in [1.54, 1.807) is 0 Å². The first-order valence-electron chi connectivity index (χ1n) is 24.5. The zero-order valence-corrected chi connectivity index (χ0v) is 39.9. The maximum absolute atomic E-state index is 7.14. The van der Waals surface area contributed by atoms with Gasteiger partial charge in [0.2, 0.25) is 0 Å². The van der Waals surface area contributed by atoms with E-state index in [-0.39, 0.29) is 17.7 Å². The van der Waals surface area contributed by atoms with E-state index >= 15 is 0 Å². The summed E-state index contributed by atoms with van der Waals surface area (Å²) in [5.41, 5.74) is 18.7. The van der Waals surface area contributed by atoms with Crippen molar-refractivity contribution in [3.05, 3.63) is 187 Å². The topological polar surface area (TPSA) is 47.6 Å². The van der Waals surface area contributed by atoms with Crippen molar-refractivity contribution in [3.8, 4) is 39.5 Å². The number of hydrogen-bond donors (Lipinski definition) is 0. The molecule has 13 aromatic rings. The van der Waals surface area contributed by atoms with E-state index in [4.69, 9.17) is 13.3 Å². The molecule has 0 aliphatic carbocycles. The van der Waals surface area contributed by atoms with Crippen LogP contribution in [-0.2, 0) is 10.8 Å². The monoisotopic (exact) mass is 902 g/mol. The average Bonchev–Trinajstić information content (AvgIpc) is 4.12. The van der Waals surface area contributed by atoms with Crippen LogP contribution in [0.1, 0.15) is 52.7 Å². The lowest BCUT2D eigenvalue weighted by molar-refractivity contribution is 0.587. The Bertz CT molecular complexity index is 4370. The van der Waals surface area contributed by atoms with Gasteiger partial charge in [-0.05, 0) is 80.9 Å². The molecule has 15 rings (SSSR count). The summed E-state index contributed by atoms with van der Waals surface area (Å²) in [6, 6.07) is 64.6. The molecule has 0 spiro atoms. The smallest absolute Gasteiger partial charge is 0.333 e. The fraction of sp³-hybridized carbons (Fsp3) is 0.125. The third-order valence-corrected chi connectivity index (χ3v) is 15.5. The summed E-state index contributed by atoms with van der Waals surface area (Å²) in [6.45, 7) is 13.4. The SMILES string of the molecule is CC(C)(C)c1ccc(N2B3c4cc5c(-c6ccccc6)oc(-c6ccccc6)c5cc4-n4c5cc6oc7ccccc7c6cc5c5ccc(c3c54)-c3cc4c(cc32)oc2cc(C(C)(C)C)ccc24)cc1. The second-order valence-electron chi connectivity index (χ2n) is 21.7. The highest BCUT2D eigenvalue weighted by Gasteiger charge is 2.45. The largest absolute Gasteiger partial charge is 0.456 e. The number of aromatic nitrogens is 1. The Kier molecular flexibility index (Phi) is 7.80. The van der Waals surface area contributed by atoms with Crippen molar-refractivity contribution >= 4 is 106 Å². The standard InChI is InChI=1S/C64H47BN2O3/c1-63(2,3)38-21-24-40(25-22-38)67-53-35-58-48(42-26-23-39(64(4,5)6)29-56(42)69-58)30-45(53)43-27-28-44-46-31-47-41-19-13-14-20-55(41)68-57(47)34-52(46)66-54-33-50-49(32-51(54)65(67)59(43)60(44)66)61(36-15-9-7-10-16-36)70-62(50)37-17-11-8-12-18-37/h7-35H,1-6H3. The van der Waals surface area contributed by atoms with E-state index in [9.17, 15) is 0 Å². The third kappa shape index (κ3) is 5.45. The van der Waals surface area contributed by atoms with Gasteiger partial charge in [0, 0.05) is 89.0 Å². The van der Waals surface area contributed by atoms with Gasteiger partial charge >= 0.3 is 6.85 Å². The Labute approximate surface area is 405 Å². The van der Waals surface area contributed by atoms with Gasteiger partial charge in [0.25, 0.3) is 0 Å². The molecule has 0 fully saturated rings. The summed E-state index contributed by atoms with van der Waals surface area (Å²) in [5, 5.41) is 9.05. The first kappa shape index (κ1) is 39.7. The van der Waals surface area contributed by atoms with E-state index in [2.05, 4.69) is 227 Å². The highest BCUT2D eigenvalue weighted by Crippen LogP contribution is 2.50. The lowest BCUT2D eigenvalue weighted by Crippen LogP contribution is -2.60. The first-order chi connectivity index (χ1) is 34.0. The molecular formula is C64H47BN2O3. The van der Waals surface area contributed by atoms with Gasteiger partial charge in [0.15, 0.2) is 0 Å². The van der Waals surface area contributed by atoms with Crippen LogP contribution in [0.25, 0.3) is 116 Å². The van der Waals surface area contributed by atoms with Crippen LogP contribution in [0.2, 0.25) is 0 Å². The van der Waals surface area contributed by atoms with Gasteiger partial charge in [0.1, 0.15) is 33.9 Å². The summed E-state index contributed by atoms with van der Waals surface area (Å²) in [5.74, 6) is 1.72. The number of nitrogens with zero attached hydrogens (tertiary/aromatic N) is 2. The van der Waals surface area contributed by atoms with E-state index in [1.807, 2.05) is 0 Å². The Morgan fingerprint density at radius 3 is 1.73 bits per heavy atom. The number of rotatable bonds is 3. The third-order valence-electron chi connectivity index (χ3n) is 15.5. The van der Waals surface area contributed by atoms with Crippen molar-refractivity contribution in [2.75, 3.05) is 4.81 Å². The van der Waals surface area contributed by atoms with Crippen LogP contribution in [-0.4, -0.2) is 11.4 Å². The predicted octanol–water partition coefficient (Wildman–Crippen LogP) is 16.5. The lowest BCUT2D eigenvalue weighted by Gasteiger charge is -2.42. The Hall–Kier alpha value is -8.22.